The van der Waals surface area contributed by atoms with Crippen LogP contribution >= 0.6 is 0 Å². The summed E-state index contributed by atoms with van der Waals surface area (Å²) in [6.45, 7) is 10.4. The van der Waals surface area contributed by atoms with Gasteiger partial charge in [-0.25, -0.2) is 4.99 Å². The Morgan fingerprint density at radius 1 is 1.11 bits per heavy atom. The van der Waals surface area contributed by atoms with Gasteiger partial charge in [-0.3, -0.25) is 4.90 Å². The number of aromatic nitrogens is 3. The van der Waals surface area contributed by atoms with Crippen molar-refractivity contribution in [3.05, 3.63) is 24.3 Å². The van der Waals surface area contributed by atoms with Crippen LogP contribution in [-0.2, 0) is 13.6 Å². The largest absolute Gasteiger partial charge is 0.355 e. The lowest BCUT2D eigenvalue weighted by Crippen LogP contribution is -2.59. The lowest BCUT2D eigenvalue weighted by molar-refractivity contribution is 0.0368. The van der Waals surface area contributed by atoms with Gasteiger partial charge in [-0.15, -0.1) is 16.8 Å². The molecule has 2 fully saturated rings. The number of nitrogens with one attached hydrogen (secondary N) is 2. The van der Waals surface area contributed by atoms with Crippen molar-refractivity contribution in [2.75, 3.05) is 26.2 Å². The van der Waals surface area contributed by atoms with Crippen LogP contribution in [0.3, 0.4) is 0 Å². The molecule has 3 rings (SSSR count). The van der Waals surface area contributed by atoms with Gasteiger partial charge in [0.1, 0.15) is 12.4 Å². The van der Waals surface area contributed by atoms with Crippen molar-refractivity contribution in [2.45, 2.75) is 70.4 Å². The highest BCUT2D eigenvalue weighted by atomic mass is 15.3. The smallest absolute Gasteiger partial charge is 0.192 e. The van der Waals surface area contributed by atoms with Crippen molar-refractivity contribution in [3.63, 3.8) is 0 Å². The lowest BCUT2D eigenvalue weighted by atomic mass is 9.79. The minimum atomic E-state index is 0.274. The molecule has 2 heterocycles. The molecular formula is C21H37N7. The molecule has 28 heavy (non-hydrogen) atoms. The summed E-state index contributed by atoms with van der Waals surface area (Å²) in [7, 11) is 1.98. The fourth-order valence-corrected chi connectivity index (χ4v) is 4.51. The molecule has 2 aliphatic rings. The van der Waals surface area contributed by atoms with Crippen molar-refractivity contribution < 1.29 is 0 Å². The number of nitrogens with zero attached hydrogens (tertiary/aromatic N) is 5. The summed E-state index contributed by atoms with van der Waals surface area (Å²) in [5.74, 6) is 2.62. The molecule has 1 aliphatic carbocycles. The highest BCUT2D eigenvalue weighted by Gasteiger charge is 2.38. The van der Waals surface area contributed by atoms with E-state index in [-0.39, 0.29) is 5.54 Å². The van der Waals surface area contributed by atoms with E-state index < -0.39 is 0 Å². The Hall–Kier alpha value is -1.89. The third-order valence-corrected chi connectivity index (χ3v) is 6.37. The maximum atomic E-state index is 4.77. The van der Waals surface area contributed by atoms with E-state index in [0.29, 0.717) is 13.1 Å². The van der Waals surface area contributed by atoms with Gasteiger partial charge in [0, 0.05) is 25.7 Å². The highest BCUT2D eigenvalue weighted by Crippen LogP contribution is 2.35. The van der Waals surface area contributed by atoms with Crippen LogP contribution in [0.1, 0.15) is 63.0 Å². The molecule has 0 aromatic carbocycles. The third kappa shape index (κ3) is 5.13. The first kappa shape index (κ1) is 20.8. The molecule has 7 nitrogen and oxygen atoms in total. The fraction of sp³-hybridized carbons (Fsp3) is 0.762. The highest BCUT2D eigenvalue weighted by molar-refractivity contribution is 5.80. The first-order valence-corrected chi connectivity index (χ1v) is 10.9. The topological polar surface area (TPSA) is 70.4 Å². The summed E-state index contributed by atoms with van der Waals surface area (Å²) in [5, 5.41) is 15.4. The van der Waals surface area contributed by atoms with Crippen molar-refractivity contribution in [3.8, 4) is 0 Å². The van der Waals surface area contributed by atoms with E-state index in [1.54, 1.807) is 0 Å². The Balaban J connectivity index is 1.68. The van der Waals surface area contributed by atoms with Crippen molar-refractivity contribution in [1.29, 1.82) is 0 Å². The van der Waals surface area contributed by atoms with Gasteiger partial charge >= 0.3 is 0 Å². The molecule has 0 amide bonds. The van der Waals surface area contributed by atoms with Gasteiger partial charge in [0.05, 0.1) is 0 Å². The number of aryl methyl sites for hydroxylation is 1. The summed E-state index contributed by atoms with van der Waals surface area (Å²) in [6.07, 6.45) is 12.5. The van der Waals surface area contributed by atoms with Gasteiger partial charge < -0.3 is 15.2 Å². The normalized spacial score (nSPS) is 20.7. The monoisotopic (exact) mass is 387 g/mol. The number of likely N-dealkylation sites (tertiary alicyclic amines) is 1. The van der Waals surface area contributed by atoms with Crippen LogP contribution in [0, 0.1) is 6.92 Å². The molecule has 0 unspecified atom stereocenters. The molecule has 0 radical (unpaired) electrons. The van der Waals surface area contributed by atoms with Gasteiger partial charge in [-0.2, -0.15) is 0 Å². The number of aliphatic imine (C=N–C) groups is 1. The van der Waals surface area contributed by atoms with Crippen molar-refractivity contribution in [1.82, 2.24) is 30.3 Å². The Labute approximate surface area is 169 Å². The van der Waals surface area contributed by atoms with E-state index in [9.17, 15) is 0 Å². The molecule has 0 atom stereocenters. The summed E-state index contributed by atoms with van der Waals surface area (Å²) in [6, 6.07) is 0. The zero-order valence-electron chi connectivity index (χ0n) is 17.7. The van der Waals surface area contributed by atoms with Gasteiger partial charge in [0.2, 0.25) is 0 Å². The molecule has 7 heteroatoms. The maximum absolute atomic E-state index is 4.77. The molecule has 0 spiro atoms. The Morgan fingerprint density at radius 3 is 2.46 bits per heavy atom. The zero-order valence-corrected chi connectivity index (χ0v) is 17.7. The minimum Gasteiger partial charge on any atom is -0.355 e. The van der Waals surface area contributed by atoms with Crippen LogP contribution in [-0.4, -0.2) is 57.3 Å². The second-order valence-electron chi connectivity index (χ2n) is 8.24. The van der Waals surface area contributed by atoms with Crippen molar-refractivity contribution >= 4 is 5.96 Å². The Kier molecular flexibility index (Phi) is 7.48. The van der Waals surface area contributed by atoms with E-state index in [1.165, 1.54) is 64.5 Å². The minimum absolute atomic E-state index is 0.274. The van der Waals surface area contributed by atoms with Crippen LogP contribution in [0.25, 0.3) is 0 Å². The third-order valence-electron chi connectivity index (χ3n) is 6.37. The van der Waals surface area contributed by atoms with Crippen LogP contribution in [0.4, 0.5) is 0 Å². The average Bonchev–Trinajstić information content (AvgIpc) is 3.06. The lowest BCUT2D eigenvalue weighted by Gasteiger charge is -2.48. The molecule has 156 valence electrons. The SMILES string of the molecule is C=CCNC(=NCc1nnc(C)n1C)NCC1(N2CCCCC2)CCCCC1. The van der Waals surface area contributed by atoms with E-state index >= 15 is 0 Å². The predicted octanol–water partition coefficient (Wildman–Crippen LogP) is 2.53. The second kappa shape index (κ2) is 10.0. The van der Waals surface area contributed by atoms with Crippen LogP contribution in [0.15, 0.2) is 17.6 Å². The first-order valence-electron chi connectivity index (χ1n) is 10.9. The molecule has 1 aromatic heterocycles. The molecule has 0 bridgehead atoms. The molecule has 2 N–H and O–H groups in total. The number of piperidine rings is 1. The van der Waals surface area contributed by atoms with Gasteiger partial charge in [-0.05, 0) is 45.7 Å². The van der Waals surface area contributed by atoms with Gasteiger partial charge in [0.25, 0.3) is 0 Å². The Bertz CT molecular complexity index is 652. The first-order chi connectivity index (χ1) is 13.6. The number of guanidine groups is 1. The van der Waals surface area contributed by atoms with Gasteiger partial charge in [-0.1, -0.05) is 31.8 Å². The number of rotatable bonds is 7. The average molecular weight is 388 g/mol. The molecular weight excluding hydrogens is 350 g/mol. The van der Waals surface area contributed by atoms with Crippen LogP contribution in [0.2, 0.25) is 0 Å². The summed E-state index contributed by atoms with van der Waals surface area (Å²) < 4.78 is 1.99. The summed E-state index contributed by atoms with van der Waals surface area (Å²) in [4.78, 5) is 7.53. The van der Waals surface area contributed by atoms with Crippen LogP contribution in [0.5, 0.6) is 0 Å². The number of hydrogen-bond acceptors (Lipinski definition) is 4. The quantitative estimate of drug-likeness (QED) is 0.427. The van der Waals surface area contributed by atoms with E-state index in [0.717, 1.165) is 24.2 Å². The maximum Gasteiger partial charge on any atom is 0.192 e. The van der Waals surface area contributed by atoms with Crippen LogP contribution < -0.4 is 10.6 Å². The van der Waals surface area contributed by atoms with Crippen molar-refractivity contribution in [2.24, 2.45) is 12.0 Å². The molecule has 1 saturated carbocycles. The summed E-state index contributed by atoms with van der Waals surface area (Å²) >= 11 is 0. The predicted molar refractivity (Wildman–Crippen MR) is 114 cm³/mol. The zero-order chi connectivity index (χ0) is 19.8. The van der Waals surface area contributed by atoms with E-state index in [1.807, 2.05) is 24.6 Å². The summed E-state index contributed by atoms with van der Waals surface area (Å²) in [5.41, 5.74) is 0.274. The molecule has 1 saturated heterocycles. The fourth-order valence-electron chi connectivity index (χ4n) is 4.51. The Morgan fingerprint density at radius 2 is 1.82 bits per heavy atom. The molecule has 1 aliphatic heterocycles. The second-order valence-corrected chi connectivity index (χ2v) is 8.24. The van der Waals surface area contributed by atoms with Gasteiger partial charge in [0.15, 0.2) is 11.8 Å². The van der Waals surface area contributed by atoms with E-state index in [4.69, 9.17) is 4.99 Å². The standard InChI is InChI=1S/C21H37N7/c1-4-13-22-20(23-16-19-26-25-18(2)27(19)3)24-17-21(11-7-5-8-12-21)28-14-9-6-10-15-28/h4H,1,5-17H2,2-3H3,(H2,22,23,24). The number of hydrogen-bond donors (Lipinski definition) is 2. The molecule has 1 aromatic rings. The van der Waals surface area contributed by atoms with E-state index in [2.05, 4.69) is 32.3 Å².